The van der Waals surface area contributed by atoms with Gasteiger partial charge in [0, 0.05) is 13.2 Å². The lowest BCUT2D eigenvalue weighted by Crippen LogP contribution is -2.11. The van der Waals surface area contributed by atoms with Gasteiger partial charge in [-0.05, 0) is 39.1 Å². The van der Waals surface area contributed by atoms with Crippen LogP contribution in [0.25, 0.3) is 0 Å². The molecular weight excluding hydrogens is 266 g/mol. The third-order valence-corrected chi connectivity index (χ3v) is 3.57. The first kappa shape index (κ1) is 14.5. The molecule has 1 aromatic carbocycles. The molecule has 5 heteroatoms. The molecule has 4 nitrogen and oxygen atoms in total. The van der Waals surface area contributed by atoms with Crippen molar-refractivity contribution in [3.8, 4) is 5.75 Å². The summed E-state index contributed by atoms with van der Waals surface area (Å²) in [6.07, 6.45) is 1.99. The Bertz CT molecular complexity index is 612. The zero-order chi connectivity index (χ0) is 14.7. The lowest BCUT2D eigenvalue weighted by atomic mass is 10.2. The first-order chi connectivity index (χ1) is 9.47. The second kappa shape index (κ2) is 6.05. The minimum absolute atomic E-state index is 0.800. The highest BCUT2D eigenvalue weighted by atomic mass is 28.3. The lowest BCUT2D eigenvalue weighted by molar-refractivity contribution is 0.582. The number of imidazole rings is 1. The van der Waals surface area contributed by atoms with Gasteiger partial charge in [-0.1, -0.05) is 12.1 Å². The van der Waals surface area contributed by atoms with Crippen LogP contribution in [0.2, 0.25) is 13.1 Å². The van der Waals surface area contributed by atoms with E-state index in [0.29, 0.717) is 0 Å². The van der Waals surface area contributed by atoms with Crippen molar-refractivity contribution < 1.29 is 4.43 Å². The number of nitrogens with zero attached hydrogens (tertiary/aromatic N) is 3. The lowest BCUT2D eigenvalue weighted by Gasteiger charge is -2.11. The molecule has 0 saturated carbocycles. The molecule has 0 amide bonds. The maximum absolute atomic E-state index is 5.88. The number of benzene rings is 1. The van der Waals surface area contributed by atoms with E-state index in [2.05, 4.69) is 23.1 Å². The third-order valence-electron chi connectivity index (χ3n) is 2.95. The van der Waals surface area contributed by atoms with E-state index >= 15 is 0 Å². The Labute approximate surface area is 121 Å². The number of aromatic nitrogens is 2. The van der Waals surface area contributed by atoms with Crippen LogP contribution < -0.4 is 4.43 Å². The van der Waals surface area contributed by atoms with Crippen LogP contribution in [0.5, 0.6) is 5.75 Å². The summed E-state index contributed by atoms with van der Waals surface area (Å²) in [4.78, 5) is 9.16. The molecule has 0 bridgehead atoms. The Hall–Kier alpha value is -1.88. The SMILES string of the molecule is CC(=Nc1ccccc1O[Si](C)C)c1cn(C)c(C)n1. The van der Waals surface area contributed by atoms with Gasteiger partial charge in [-0.2, -0.15) is 0 Å². The highest BCUT2D eigenvalue weighted by Crippen LogP contribution is 2.28. The maximum Gasteiger partial charge on any atom is 0.274 e. The van der Waals surface area contributed by atoms with Gasteiger partial charge in [0.05, 0.1) is 5.71 Å². The number of para-hydroxylation sites is 2. The van der Waals surface area contributed by atoms with Gasteiger partial charge in [-0.25, -0.2) is 9.98 Å². The molecule has 0 aliphatic heterocycles. The van der Waals surface area contributed by atoms with Crippen LogP contribution in [0.1, 0.15) is 18.4 Å². The smallest absolute Gasteiger partial charge is 0.274 e. The third kappa shape index (κ3) is 3.36. The van der Waals surface area contributed by atoms with Crippen molar-refractivity contribution in [1.29, 1.82) is 0 Å². The molecule has 0 aliphatic rings. The molecule has 0 N–H and O–H groups in total. The topological polar surface area (TPSA) is 39.4 Å². The Balaban J connectivity index is 2.34. The first-order valence-corrected chi connectivity index (χ1v) is 9.01. The summed E-state index contributed by atoms with van der Waals surface area (Å²) in [6, 6.07) is 7.88. The van der Waals surface area contributed by atoms with Gasteiger partial charge in [0.15, 0.2) is 0 Å². The van der Waals surface area contributed by atoms with Gasteiger partial charge >= 0.3 is 0 Å². The second-order valence-electron chi connectivity index (χ2n) is 4.96. The number of hydrogen-bond donors (Lipinski definition) is 0. The van der Waals surface area contributed by atoms with Crippen LogP contribution in [0.4, 0.5) is 5.69 Å². The van der Waals surface area contributed by atoms with E-state index in [9.17, 15) is 0 Å². The first-order valence-electron chi connectivity index (χ1n) is 6.60. The maximum atomic E-state index is 5.88. The van der Waals surface area contributed by atoms with Gasteiger partial charge < -0.3 is 8.99 Å². The van der Waals surface area contributed by atoms with Gasteiger partial charge in [0.25, 0.3) is 9.04 Å². The summed E-state index contributed by atoms with van der Waals surface area (Å²) in [7, 11) is 1.19. The zero-order valence-corrected chi connectivity index (χ0v) is 13.6. The van der Waals surface area contributed by atoms with Crippen LogP contribution in [0.3, 0.4) is 0 Å². The Morgan fingerprint density at radius 3 is 2.60 bits per heavy atom. The molecule has 2 aromatic rings. The molecule has 1 aromatic heterocycles. The highest BCUT2D eigenvalue weighted by Gasteiger charge is 2.08. The van der Waals surface area contributed by atoms with E-state index in [0.717, 1.165) is 28.7 Å². The van der Waals surface area contributed by atoms with Crippen molar-refractivity contribution >= 4 is 20.4 Å². The number of aryl methyl sites for hydroxylation is 2. The highest BCUT2D eigenvalue weighted by molar-refractivity contribution is 6.49. The van der Waals surface area contributed by atoms with Crippen LogP contribution >= 0.6 is 0 Å². The molecule has 0 aliphatic carbocycles. The summed E-state index contributed by atoms with van der Waals surface area (Å²) in [5.41, 5.74) is 2.66. The van der Waals surface area contributed by atoms with E-state index in [1.165, 1.54) is 0 Å². The average Bonchev–Trinajstić information content (AvgIpc) is 2.71. The molecule has 1 radical (unpaired) electrons. The zero-order valence-electron chi connectivity index (χ0n) is 12.6. The predicted octanol–water partition coefficient (Wildman–Crippen LogP) is 3.50. The molecule has 0 unspecified atom stereocenters. The molecule has 105 valence electrons. The number of hydrogen-bond acceptors (Lipinski definition) is 3. The van der Waals surface area contributed by atoms with E-state index < -0.39 is 9.04 Å². The molecule has 0 fully saturated rings. The Morgan fingerprint density at radius 1 is 1.30 bits per heavy atom. The second-order valence-corrected chi connectivity index (χ2v) is 6.98. The van der Waals surface area contributed by atoms with Crippen molar-refractivity contribution in [2.75, 3.05) is 0 Å². The Kier molecular flexibility index (Phi) is 4.39. The molecule has 0 atom stereocenters. The van der Waals surface area contributed by atoms with Crippen molar-refractivity contribution in [1.82, 2.24) is 9.55 Å². The fourth-order valence-electron chi connectivity index (χ4n) is 1.83. The minimum Gasteiger partial charge on any atom is -0.541 e. The van der Waals surface area contributed by atoms with E-state index in [-0.39, 0.29) is 0 Å². The standard InChI is InChI=1S/C15H20N3OSi/c1-11(14-10-18(3)12(2)17-14)16-13-8-6-7-9-15(13)19-20(4)5/h6-10H,1-5H3. The van der Waals surface area contributed by atoms with Crippen LogP contribution in [-0.4, -0.2) is 24.3 Å². The number of rotatable bonds is 4. The fraction of sp³-hybridized carbons (Fsp3) is 0.333. The average molecular weight is 286 g/mol. The molecule has 0 saturated heterocycles. The molecule has 20 heavy (non-hydrogen) atoms. The van der Waals surface area contributed by atoms with E-state index in [1.54, 1.807) is 0 Å². The minimum atomic E-state index is -0.800. The molecule has 0 spiro atoms. The molecular formula is C15H20N3OSi. The van der Waals surface area contributed by atoms with Gasteiger partial charge in [0.1, 0.15) is 23.0 Å². The van der Waals surface area contributed by atoms with Gasteiger partial charge in [0.2, 0.25) is 0 Å². The quantitative estimate of drug-likeness (QED) is 0.637. The summed E-state index contributed by atoms with van der Waals surface area (Å²) in [6.45, 7) is 8.18. The van der Waals surface area contributed by atoms with Crippen molar-refractivity contribution in [2.24, 2.45) is 12.0 Å². The van der Waals surface area contributed by atoms with E-state index in [1.807, 2.05) is 55.9 Å². The van der Waals surface area contributed by atoms with Crippen LogP contribution in [0, 0.1) is 6.92 Å². The van der Waals surface area contributed by atoms with Crippen molar-refractivity contribution in [3.05, 3.63) is 42.0 Å². The van der Waals surface area contributed by atoms with Gasteiger partial charge in [-0.15, -0.1) is 0 Å². The molecule has 2 rings (SSSR count). The largest absolute Gasteiger partial charge is 0.541 e. The number of aliphatic imine (C=N–C) groups is 1. The van der Waals surface area contributed by atoms with Crippen LogP contribution in [0.15, 0.2) is 35.5 Å². The summed E-state index contributed by atoms with van der Waals surface area (Å²) < 4.78 is 7.88. The summed E-state index contributed by atoms with van der Waals surface area (Å²) >= 11 is 0. The monoisotopic (exact) mass is 286 g/mol. The Morgan fingerprint density at radius 2 is 2.00 bits per heavy atom. The fourth-order valence-corrected chi connectivity index (χ4v) is 2.44. The molecule has 1 heterocycles. The van der Waals surface area contributed by atoms with Gasteiger partial charge in [-0.3, -0.25) is 0 Å². The van der Waals surface area contributed by atoms with Crippen LogP contribution in [-0.2, 0) is 7.05 Å². The summed E-state index contributed by atoms with van der Waals surface area (Å²) in [5, 5.41) is 0. The predicted molar refractivity (Wildman–Crippen MR) is 84.4 cm³/mol. The van der Waals surface area contributed by atoms with E-state index in [4.69, 9.17) is 4.43 Å². The normalized spacial score (nSPS) is 12.0. The summed E-state index contributed by atoms with van der Waals surface area (Å²) in [5.74, 6) is 1.82. The van der Waals surface area contributed by atoms with Crippen molar-refractivity contribution in [2.45, 2.75) is 26.9 Å². The van der Waals surface area contributed by atoms with Crippen molar-refractivity contribution in [3.63, 3.8) is 0 Å².